The number of aromatic nitrogens is 10. The monoisotopic (exact) mass is 1200 g/mol. The Morgan fingerprint density at radius 2 is 1.08 bits per heavy atom. The first-order valence-electron chi connectivity index (χ1n) is 27.5. The van der Waals surface area contributed by atoms with E-state index in [9.17, 15) is 35.6 Å². The van der Waals surface area contributed by atoms with Gasteiger partial charge in [0.25, 0.3) is 10.0 Å². The SMILES string of the molecule is C[O-].Cc1ccc(S(=O)(=O)n2cc(-c3ncc(F)c(CC4CC(CC(=O)c5cn(C)cn5)CC(C)(C)C4)n3)c3cc(F)cc(F)c32)cc1.Cn1cnc(C(=O)CC2CC(Cc3nc(-c4c[nH]c5c(F)cc(F)cc45)ncc3F)CC(C)(C)C2)c1.[Na+]. The number of H-pyrrole nitrogens is 1. The minimum absolute atomic E-state index is 0. The first-order valence-corrected chi connectivity index (χ1v) is 29.0. The maximum Gasteiger partial charge on any atom is 1.00 e. The molecule has 0 aliphatic heterocycles. The minimum Gasteiger partial charge on any atom is -0.857 e. The molecular weight excluding hydrogens is 1130 g/mol. The number of benzene rings is 3. The van der Waals surface area contributed by atoms with E-state index < -0.39 is 44.9 Å². The van der Waals surface area contributed by atoms with Crippen LogP contribution in [-0.4, -0.2) is 75.1 Å². The fourth-order valence-electron chi connectivity index (χ4n) is 12.7. The molecule has 9 aromatic rings. The van der Waals surface area contributed by atoms with E-state index >= 15 is 8.78 Å². The van der Waals surface area contributed by atoms with Crippen LogP contribution in [-0.2, 0) is 37.0 Å². The zero-order chi connectivity index (χ0) is 60.6. The minimum atomic E-state index is -4.30. The summed E-state index contributed by atoms with van der Waals surface area (Å²) in [4.78, 5) is 54.0. The van der Waals surface area contributed by atoms with Crippen LogP contribution in [0.2, 0.25) is 0 Å². The number of imidazole rings is 2. The van der Waals surface area contributed by atoms with Crippen molar-refractivity contribution in [3.8, 4) is 22.8 Å². The number of rotatable bonds is 14. The Morgan fingerprint density at radius 1 is 0.624 bits per heavy atom. The van der Waals surface area contributed by atoms with Gasteiger partial charge in [0.1, 0.15) is 34.4 Å². The van der Waals surface area contributed by atoms with Crippen molar-refractivity contribution in [2.45, 2.75) is 104 Å². The number of hydrogen-bond donors (Lipinski definition) is 1. The van der Waals surface area contributed by atoms with E-state index in [0.29, 0.717) is 54.1 Å². The number of aromatic amines is 1. The van der Waals surface area contributed by atoms with Crippen LogP contribution < -0.4 is 34.7 Å². The number of nitrogens with one attached hydrogen (secondary N) is 1. The second-order valence-electron chi connectivity index (χ2n) is 24.0. The van der Waals surface area contributed by atoms with E-state index in [0.717, 1.165) is 79.5 Å². The molecule has 0 bridgehead atoms. The van der Waals surface area contributed by atoms with Crippen LogP contribution in [0.25, 0.3) is 44.6 Å². The molecule has 2 saturated carbocycles. The van der Waals surface area contributed by atoms with Crippen LogP contribution in [0, 0.1) is 76.3 Å². The van der Waals surface area contributed by atoms with E-state index in [1.165, 1.54) is 24.4 Å². The molecule has 6 aromatic heterocycles. The molecule has 0 saturated heterocycles. The van der Waals surface area contributed by atoms with E-state index in [2.05, 4.69) is 62.6 Å². The third kappa shape index (κ3) is 14.7. The summed E-state index contributed by atoms with van der Waals surface area (Å²) in [6, 6.07) is 9.72. The van der Waals surface area contributed by atoms with Gasteiger partial charge in [-0.1, -0.05) is 45.4 Å². The summed E-state index contributed by atoms with van der Waals surface area (Å²) in [5, 5.41) is 8.49. The zero-order valence-electron chi connectivity index (χ0n) is 48.9. The van der Waals surface area contributed by atoms with Crippen LogP contribution in [0.15, 0.2) is 103 Å². The number of ketones is 2. The van der Waals surface area contributed by atoms with Crippen LogP contribution in [0.5, 0.6) is 0 Å². The number of carbonyl (C=O) groups excluding carboxylic acids is 2. The summed E-state index contributed by atoms with van der Waals surface area (Å²) >= 11 is 0. The Hall–Kier alpha value is -6.85. The molecule has 0 amide bonds. The van der Waals surface area contributed by atoms with Crippen molar-refractivity contribution in [2.24, 2.45) is 48.6 Å². The number of hydrogen-bond acceptors (Lipinski definition) is 11. The number of halogens is 6. The average Bonchev–Trinajstić information content (AvgIpc) is 1.66. The van der Waals surface area contributed by atoms with Crippen molar-refractivity contribution in [1.82, 2.24) is 48.0 Å². The van der Waals surface area contributed by atoms with Gasteiger partial charge in [-0.15, -0.1) is 0 Å². The van der Waals surface area contributed by atoms with Crippen molar-refractivity contribution in [3.63, 3.8) is 0 Å². The topological polar surface area (TPSA) is 199 Å². The van der Waals surface area contributed by atoms with Gasteiger partial charge in [-0.25, -0.2) is 68.6 Å². The Kier molecular flexibility index (Phi) is 19.6. The number of nitrogens with zero attached hydrogens (tertiary/aromatic N) is 9. The first-order chi connectivity index (χ1) is 39.8. The van der Waals surface area contributed by atoms with Crippen LogP contribution in [0.4, 0.5) is 26.3 Å². The number of Topliss-reactive ketones (excluding diaryl/α,β-unsaturated/α-hetero) is 2. The van der Waals surface area contributed by atoms with Crippen molar-refractivity contribution in [2.75, 3.05) is 7.11 Å². The molecule has 1 N–H and O–H groups in total. The van der Waals surface area contributed by atoms with Gasteiger partial charge in [-0.05, 0) is 117 Å². The van der Waals surface area contributed by atoms with Crippen LogP contribution in [0.1, 0.15) is 117 Å². The molecule has 15 nitrogen and oxygen atoms in total. The second kappa shape index (κ2) is 26.0. The fraction of sp³-hybridized carbons (Fsp3) is 0.387. The molecule has 442 valence electrons. The van der Waals surface area contributed by atoms with Crippen LogP contribution >= 0.6 is 0 Å². The number of fused-ring (bicyclic) bond motifs is 2. The largest absolute Gasteiger partial charge is 1.00 e. The maximum absolute atomic E-state index is 15.3. The molecule has 3 aromatic carbocycles. The third-order valence-corrected chi connectivity index (χ3v) is 17.4. The van der Waals surface area contributed by atoms with Gasteiger partial charge in [0, 0.05) is 85.8 Å². The summed E-state index contributed by atoms with van der Waals surface area (Å²) in [7, 11) is 0.0855. The molecule has 0 radical (unpaired) electrons. The molecule has 2 fully saturated rings. The Bertz CT molecular complexity index is 4030. The quantitative estimate of drug-likeness (QED) is 0.0619. The average molecular weight is 1200 g/mol. The van der Waals surface area contributed by atoms with Gasteiger partial charge < -0.3 is 19.2 Å². The molecule has 23 heteroatoms. The van der Waals surface area contributed by atoms with Gasteiger partial charge >= 0.3 is 29.6 Å². The standard InChI is InChI=1S/C34H34F3N5O3S.C27H28F3N5O.CH3O.Na/c1-20-5-7-24(8-6-20)46(44,45)42-17-26(25-12-23(35)13-27(36)32(25)42)33-38-16-28(37)29(40-33)10-21-9-22(15-34(2,3)14-21)11-31(43)30-18-41(4)19-39-30;1-27(2)9-15(4-16(10-27)6-24(36)23-13-35(3)14-33-23)5-22-21(30)12-32-26(34-22)19-11-31-25-18(19)7-17(28)8-20(25)29;1-2;/h5-8,12-13,16-19,21-22H,9-11,14-15H2,1-4H3;7-8,11-16,31H,4-6,9-10H2,1-3H3;1H3;/q;;-1;+1. The Labute approximate surface area is 511 Å². The Balaban J connectivity index is 0.000000218. The molecular formula is C62H65F6N10NaO5S. The summed E-state index contributed by atoms with van der Waals surface area (Å²) in [5.74, 6) is -4.05. The molecule has 6 heterocycles. The number of carbonyl (C=O) groups is 2. The maximum atomic E-state index is 15.3. The first kappa shape index (κ1) is 64.2. The van der Waals surface area contributed by atoms with Gasteiger partial charge in [0.15, 0.2) is 40.7 Å². The molecule has 85 heavy (non-hydrogen) atoms. The summed E-state index contributed by atoms with van der Waals surface area (Å²) in [6.07, 6.45) is 17.7. The van der Waals surface area contributed by atoms with Gasteiger partial charge in [0.05, 0.1) is 46.8 Å². The zero-order valence-corrected chi connectivity index (χ0v) is 51.7. The summed E-state index contributed by atoms with van der Waals surface area (Å²) in [5.41, 5.74) is 2.25. The smallest absolute Gasteiger partial charge is 0.857 e. The molecule has 4 atom stereocenters. The third-order valence-electron chi connectivity index (χ3n) is 15.8. The predicted molar refractivity (Wildman–Crippen MR) is 303 cm³/mol. The fourth-order valence-corrected chi connectivity index (χ4v) is 14.1. The number of aryl methyl sites for hydroxylation is 3. The second-order valence-corrected chi connectivity index (χ2v) is 25.8. The molecule has 2 aliphatic carbocycles. The van der Waals surface area contributed by atoms with Gasteiger partial charge in [-0.2, -0.15) is 7.11 Å². The summed E-state index contributed by atoms with van der Waals surface area (Å²) in [6.45, 7) is 10.4. The molecule has 0 spiro atoms. The van der Waals surface area contributed by atoms with Gasteiger partial charge in [-0.3, -0.25) is 9.59 Å². The molecule has 11 rings (SSSR count). The van der Waals surface area contributed by atoms with E-state index in [1.807, 2.05) is 21.0 Å². The van der Waals surface area contributed by atoms with Crippen molar-refractivity contribution >= 4 is 43.4 Å². The van der Waals surface area contributed by atoms with E-state index in [1.54, 1.807) is 46.3 Å². The van der Waals surface area contributed by atoms with Crippen molar-refractivity contribution in [1.29, 1.82) is 0 Å². The van der Waals surface area contributed by atoms with Crippen molar-refractivity contribution < 1.29 is 79.0 Å². The Morgan fingerprint density at radius 3 is 1.56 bits per heavy atom. The normalized spacial score (nSPS) is 18.2. The van der Waals surface area contributed by atoms with Crippen molar-refractivity contribution in [3.05, 3.63) is 162 Å². The molecule has 4 unspecified atom stereocenters. The van der Waals surface area contributed by atoms with E-state index in [4.69, 9.17) is 5.11 Å². The predicted octanol–water partition coefficient (Wildman–Crippen LogP) is 9.07. The van der Waals surface area contributed by atoms with E-state index in [-0.39, 0.29) is 132 Å². The van der Waals surface area contributed by atoms with Gasteiger partial charge in [0.2, 0.25) is 0 Å². The summed E-state index contributed by atoms with van der Waals surface area (Å²) < 4.78 is 119. The molecule has 2 aliphatic rings. The van der Waals surface area contributed by atoms with Crippen LogP contribution in [0.3, 0.4) is 0 Å².